The molecular formula is C21H17N3O2. The molecule has 0 radical (unpaired) electrons. The molecule has 0 unspecified atom stereocenters. The lowest BCUT2D eigenvalue weighted by atomic mass is 10.1. The molecule has 2 aromatic carbocycles. The molecular weight excluding hydrogens is 326 g/mol. The maximum atomic E-state index is 12.0. The maximum Gasteiger partial charge on any atom is 0.307 e. The van der Waals surface area contributed by atoms with Gasteiger partial charge in [0.2, 0.25) is 0 Å². The highest BCUT2D eigenvalue weighted by Gasteiger charge is 2.15. The van der Waals surface area contributed by atoms with Crippen LogP contribution in [0.4, 0.5) is 0 Å². The van der Waals surface area contributed by atoms with Crippen molar-refractivity contribution in [3.05, 3.63) is 84.3 Å². The molecule has 2 heterocycles. The summed E-state index contributed by atoms with van der Waals surface area (Å²) in [5, 5.41) is 5.22. The fraction of sp³-hybridized carbons (Fsp3) is 0.0476. The highest BCUT2D eigenvalue weighted by Crippen LogP contribution is 2.31. The van der Waals surface area contributed by atoms with Crippen molar-refractivity contribution in [1.82, 2.24) is 9.99 Å². The summed E-state index contributed by atoms with van der Waals surface area (Å²) in [5.74, 6) is -0.156. The second kappa shape index (κ2) is 6.72. The molecule has 0 fully saturated rings. The first-order valence-electron chi connectivity index (χ1n) is 8.25. The lowest BCUT2D eigenvalue weighted by molar-refractivity contribution is 0.0927. The van der Waals surface area contributed by atoms with Gasteiger partial charge in [0, 0.05) is 23.5 Å². The van der Waals surface area contributed by atoms with Crippen molar-refractivity contribution in [2.45, 2.75) is 0 Å². The van der Waals surface area contributed by atoms with E-state index >= 15 is 0 Å². The number of nitrogens with one attached hydrogen (secondary N) is 1. The van der Waals surface area contributed by atoms with Gasteiger partial charge in [0.25, 0.3) is 0 Å². The quantitative estimate of drug-likeness (QED) is 0.446. The van der Waals surface area contributed by atoms with Crippen LogP contribution in [0, 0.1) is 0 Å². The Balaban J connectivity index is 1.76. The fourth-order valence-corrected chi connectivity index (χ4v) is 3.12. The smallest absolute Gasteiger partial charge is 0.307 e. The number of carbonyl (C=O) groups excluding carboxylic acids is 1. The van der Waals surface area contributed by atoms with Crippen LogP contribution in [0.25, 0.3) is 22.2 Å². The van der Waals surface area contributed by atoms with E-state index in [1.54, 1.807) is 18.3 Å². The third-order valence-electron chi connectivity index (χ3n) is 4.30. The third kappa shape index (κ3) is 2.80. The average Bonchev–Trinajstić information content (AvgIpc) is 3.30. The van der Waals surface area contributed by atoms with Crippen molar-refractivity contribution in [3.63, 3.8) is 0 Å². The van der Waals surface area contributed by atoms with Crippen LogP contribution in [-0.2, 0) is 7.05 Å². The summed E-state index contributed by atoms with van der Waals surface area (Å²) in [4.78, 5) is 12.0. The molecule has 0 aliphatic heterocycles. The van der Waals surface area contributed by atoms with Crippen LogP contribution in [-0.4, -0.2) is 16.7 Å². The van der Waals surface area contributed by atoms with Gasteiger partial charge in [-0.2, -0.15) is 5.10 Å². The first kappa shape index (κ1) is 15.9. The molecule has 128 valence electrons. The van der Waals surface area contributed by atoms with E-state index < -0.39 is 0 Å². The summed E-state index contributed by atoms with van der Waals surface area (Å²) < 4.78 is 7.21. The first-order valence-corrected chi connectivity index (χ1v) is 8.25. The number of aryl methyl sites for hydroxylation is 1. The van der Waals surface area contributed by atoms with Crippen molar-refractivity contribution in [2.24, 2.45) is 12.1 Å². The van der Waals surface area contributed by atoms with Gasteiger partial charge in [0.05, 0.1) is 18.2 Å². The SMILES string of the molecule is Cn1c(-c2ccccc2)c(/C=N/NC(=O)c2ccco2)c2ccccc21. The van der Waals surface area contributed by atoms with E-state index in [-0.39, 0.29) is 11.7 Å². The molecule has 0 saturated carbocycles. The Morgan fingerprint density at radius 1 is 1.04 bits per heavy atom. The largest absolute Gasteiger partial charge is 0.459 e. The van der Waals surface area contributed by atoms with E-state index in [0.717, 1.165) is 27.7 Å². The fourth-order valence-electron chi connectivity index (χ4n) is 3.12. The molecule has 5 nitrogen and oxygen atoms in total. The zero-order chi connectivity index (χ0) is 17.9. The molecule has 26 heavy (non-hydrogen) atoms. The number of carbonyl (C=O) groups is 1. The van der Waals surface area contributed by atoms with Gasteiger partial charge in [-0.15, -0.1) is 0 Å². The van der Waals surface area contributed by atoms with Gasteiger partial charge in [0.1, 0.15) is 0 Å². The van der Waals surface area contributed by atoms with E-state index in [0.29, 0.717) is 0 Å². The standard InChI is InChI=1S/C21H17N3O2/c1-24-18-11-6-5-10-16(18)17(20(24)15-8-3-2-4-9-15)14-22-23-21(25)19-12-7-13-26-19/h2-14H,1H3,(H,23,25)/b22-14+. The Morgan fingerprint density at radius 2 is 1.81 bits per heavy atom. The molecule has 0 atom stereocenters. The number of rotatable bonds is 4. The van der Waals surface area contributed by atoms with Crippen LogP contribution in [0.2, 0.25) is 0 Å². The normalized spacial score (nSPS) is 11.3. The van der Waals surface area contributed by atoms with E-state index in [1.807, 2.05) is 37.4 Å². The number of benzene rings is 2. The Morgan fingerprint density at radius 3 is 2.58 bits per heavy atom. The van der Waals surface area contributed by atoms with Crippen molar-refractivity contribution in [2.75, 3.05) is 0 Å². The predicted octanol–water partition coefficient (Wildman–Crippen LogP) is 4.20. The van der Waals surface area contributed by atoms with E-state index in [2.05, 4.69) is 39.4 Å². The molecule has 0 bridgehead atoms. The van der Waals surface area contributed by atoms with Gasteiger partial charge in [0.15, 0.2) is 5.76 Å². The molecule has 0 saturated heterocycles. The zero-order valence-corrected chi connectivity index (χ0v) is 14.2. The molecule has 1 amide bonds. The van der Waals surface area contributed by atoms with Crippen molar-refractivity contribution < 1.29 is 9.21 Å². The van der Waals surface area contributed by atoms with Gasteiger partial charge in [-0.3, -0.25) is 4.79 Å². The van der Waals surface area contributed by atoms with E-state index in [1.165, 1.54) is 6.26 Å². The van der Waals surface area contributed by atoms with Crippen LogP contribution in [0.1, 0.15) is 16.1 Å². The van der Waals surface area contributed by atoms with E-state index in [9.17, 15) is 4.79 Å². The summed E-state index contributed by atoms with van der Waals surface area (Å²) in [6.45, 7) is 0. The summed E-state index contributed by atoms with van der Waals surface area (Å²) in [6.07, 6.45) is 3.14. The Bertz CT molecular complexity index is 1080. The van der Waals surface area contributed by atoms with Crippen LogP contribution >= 0.6 is 0 Å². The Kier molecular flexibility index (Phi) is 4.11. The summed E-state index contributed by atoms with van der Waals surface area (Å²) in [6, 6.07) is 21.5. The van der Waals surface area contributed by atoms with Crippen molar-refractivity contribution in [3.8, 4) is 11.3 Å². The van der Waals surface area contributed by atoms with E-state index in [4.69, 9.17) is 4.42 Å². The molecule has 4 aromatic rings. The number of fused-ring (bicyclic) bond motifs is 1. The summed E-state index contributed by atoms with van der Waals surface area (Å²) in [5.41, 5.74) is 6.70. The molecule has 0 aliphatic carbocycles. The lowest BCUT2D eigenvalue weighted by Gasteiger charge is -2.06. The first-order chi connectivity index (χ1) is 12.8. The molecule has 5 heteroatoms. The van der Waals surface area contributed by atoms with Gasteiger partial charge >= 0.3 is 5.91 Å². The lowest BCUT2D eigenvalue weighted by Crippen LogP contribution is -2.16. The van der Waals surface area contributed by atoms with Crippen LogP contribution in [0.5, 0.6) is 0 Å². The van der Waals surface area contributed by atoms with Gasteiger partial charge < -0.3 is 8.98 Å². The van der Waals surface area contributed by atoms with Crippen LogP contribution < -0.4 is 5.43 Å². The Labute approximate surface area is 150 Å². The molecule has 2 aromatic heterocycles. The Hall–Kier alpha value is -3.60. The second-order valence-corrected chi connectivity index (χ2v) is 5.88. The number of aromatic nitrogens is 1. The monoisotopic (exact) mass is 343 g/mol. The average molecular weight is 343 g/mol. The number of hydrogen-bond donors (Lipinski definition) is 1. The number of nitrogens with zero attached hydrogens (tertiary/aromatic N) is 2. The highest BCUT2D eigenvalue weighted by atomic mass is 16.3. The van der Waals surface area contributed by atoms with Crippen molar-refractivity contribution in [1.29, 1.82) is 0 Å². The topological polar surface area (TPSA) is 59.5 Å². The minimum atomic E-state index is -0.382. The zero-order valence-electron chi connectivity index (χ0n) is 14.2. The molecule has 1 N–H and O–H groups in total. The number of amides is 1. The molecule has 0 spiro atoms. The summed E-state index contributed by atoms with van der Waals surface area (Å²) in [7, 11) is 2.03. The van der Waals surface area contributed by atoms with Gasteiger partial charge in [-0.25, -0.2) is 5.43 Å². The predicted molar refractivity (Wildman–Crippen MR) is 102 cm³/mol. The van der Waals surface area contributed by atoms with Gasteiger partial charge in [-0.05, 0) is 23.8 Å². The number of furan rings is 1. The number of hydrogen-bond acceptors (Lipinski definition) is 3. The number of para-hydroxylation sites is 1. The minimum Gasteiger partial charge on any atom is -0.459 e. The third-order valence-corrected chi connectivity index (χ3v) is 4.30. The molecule has 0 aliphatic rings. The second-order valence-electron chi connectivity index (χ2n) is 5.88. The molecule has 4 rings (SSSR count). The summed E-state index contributed by atoms with van der Waals surface area (Å²) >= 11 is 0. The minimum absolute atomic E-state index is 0.225. The highest BCUT2D eigenvalue weighted by molar-refractivity contribution is 6.06. The number of hydrazone groups is 1. The van der Waals surface area contributed by atoms with Crippen molar-refractivity contribution >= 4 is 23.0 Å². The van der Waals surface area contributed by atoms with Crippen LogP contribution in [0.3, 0.4) is 0 Å². The van der Waals surface area contributed by atoms with Gasteiger partial charge in [-0.1, -0.05) is 48.5 Å². The maximum absolute atomic E-state index is 12.0. The van der Waals surface area contributed by atoms with Crippen LogP contribution in [0.15, 0.2) is 82.5 Å².